The third kappa shape index (κ3) is 4.28. The molecule has 1 heterocycles. The third-order valence-electron chi connectivity index (χ3n) is 3.78. The first-order valence-electron chi connectivity index (χ1n) is 7.61. The molecule has 1 aromatic carbocycles. The lowest BCUT2D eigenvalue weighted by molar-refractivity contribution is -0.129. The largest absolute Gasteiger partial charge is 0.485 e. The Morgan fingerprint density at radius 1 is 1.43 bits per heavy atom. The maximum atomic E-state index is 12.0. The van der Waals surface area contributed by atoms with Gasteiger partial charge in [-0.05, 0) is 19.1 Å². The number of hydrogen-bond acceptors (Lipinski definition) is 5. The van der Waals surface area contributed by atoms with Crippen LogP contribution in [-0.2, 0) is 9.53 Å². The Balaban J connectivity index is 1.93. The highest BCUT2D eigenvalue weighted by Gasteiger charge is 2.26. The van der Waals surface area contributed by atoms with E-state index >= 15 is 0 Å². The minimum absolute atomic E-state index is 0.0933. The number of anilines is 1. The van der Waals surface area contributed by atoms with Gasteiger partial charge >= 0.3 is 6.09 Å². The fourth-order valence-electron chi connectivity index (χ4n) is 2.54. The van der Waals surface area contributed by atoms with Crippen LogP contribution >= 0.6 is 0 Å². The molecule has 1 atom stereocenters. The summed E-state index contributed by atoms with van der Waals surface area (Å²) in [7, 11) is 2.96. The van der Waals surface area contributed by atoms with Gasteiger partial charge < -0.3 is 24.6 Å². The Morgan fingerprint density at radius 2 is 2.17 bits per heavy atom. The van der Waals surface area contributed by atoms with E-state index in [1.807, 2.05) is 24.3 Å². The first-order chi connectivity index (χ1) is 11.0. The number of nitrogens with one attached hydrogen (secondary N) is 1. The van der Waals surface area contributed by atoms with Gasteiger partial charge in [-0.15, -0.1) is 0 Å². The van der Waals surface area contributed by atoms with Crippen LogP contribution in [0, 0.1) is 0 Å². The van der Waals surface area contributed by atoms with Crippen molar-refractivity contribution in [2.75, 3.05) is 45.2 Å². The molecular formula is C16H23N3O4. The number of nitrogens with zero attached hydrogens (tertiary/aromatic N) is 2. The van der Waals surface area contributed by atoms with Gasteiger partial charge in [-0.3, -0.25) is 4.79 Å². The first kappa shape index (κ1) is 16.9. The average Bonchev–Trinajstić information content (AvgIpc) is 2.58. The molecule has 1 N–H and O–H groups in total. The van der Waals surface area contributed by atoms with Gasteiger partial charge in [0.15, 0.2) is 0 Å². The Morgan fingerprint density at radius 3 is 2.87 bits per heavy atom. The van der Waals surface area contributed by atoms with Crippen molar-refractivity contribution >= 4 is 17.7 Å². The molecule has 1 aromatic rings. The van der Waals surface area contributed by atoms with Crippen LogP contribution in [0.15, 0.2) is 24.3 Å². The van der Waals surface area contributed by atoms with E-state index in [1.54, 1.807) is 11.9 Å². The van der Waals surface area contributed by atoms with Crippen LogP contribution in [0.2, 0.25) is 0 Å². The lowest BCUT2D eigenvalue weighted by atomic mass is 10.2. The first-order valence-corrected chi connectivity index (χ1v) is 7.61. The van der Waals surface area contributed by atoms with Gasteiger partial charge in [0.05, 0.1) is 25.9 Å². The molecule has 7 heteroatoms. The van der Waals surface area contributed by atoms with Crippen molar-refractivity contribution in [1.82, 2.24) is 10.2 Å². The highest BCUT2D eigenvalue weighted by molar-refractivity contribution is 5.82. The van der Waals surface area contributed by atoms with E-state index in [4.69, 9.17) is 4.74 Å². The number of amides is 2. The number of benzene rings is 1. The summed E-state index contributed by atoms with van der Waals surface area (Å²) in [5, 5.41) is 2.38. The summed E-state index contributed by atoms with van der Waals surface area (Å²) >= 11 is 0. The van der Waals surface area contributed by atoms with E-state index < -0.39 is 6.09 Å². The number of carbonyl (C=O) groups is 2. The van der Waals surface area contributed by atoms with Gasteiger partial charge in [-0.25, -0.2) is 4.79 Å². The smallest absolute Gasteiger partial charge is 0.407 e. The van der Waals surface area contributed by atoms with Crippen molar-refractivity contribution in [3.63, 3.8) is 0 Å². The number of methoxy groups -OCH3 is 1. The van der Waals surface area contributed by atoms with E-state index in [-0.39, 0.29) is 18.6 Å². The Hall–Kier alpha value is -2.44. The molecule has 0 spiro atoms. The van der Waals surface area contributed by atoms with Gasteiger partial charge in [0, 0.05) is 13.6 Å². The van der Waals surface area contributed by atoms with Gasteiger partial charge in [0.2, 0.25) is 5.91 Å². The third-order valence-corrected chi connectivity index (χ3v) is 3.78. The van der Waals surface area contributed by atoms with E-state index in [0.29, 0.717) is 6.54 Å². The van der Waals surface area contributed by atoms with Crippen LogP contribution in [0.4, 0.5) is 10.5 Å². The Kier molecular flexibility index (Phi) is 5.67. The zero-order chi connectivity index (χ0) is 16.8. The summed E-state index contributed by atoms with van der Waals surface area (Å²) in [6, 6.07) is 7.89. The fourth-order valence-corrected chi connectivity index (χ4v) is 2.54. The minimum atomic E-state index is -0.619. The van der Waals surface area contributed by atoms with Crippen LogP contribution in [0.3, 0.4) is 0 Å². The topological polar surface area (TPSA) is 71.1 Å². The molecule has 2 rings (SSSR count). The molecule has 0 bridgehead atoms. The van der Waals surface area contributed by atoms with Gasteiger partial charge in [-0.1, -0.05) is 12.1 Å². The summed E-state index contributed by atoms with van der Waals surface area (Å²) in [5.74, 6) is 0.639. The molecular weight excluding hydrogens is 298 g/mol. The Labute approximate surface area is 136 Å². The predicted octanol–water partition coefficient (Wildman–Crippen LogP) is 1.09. The lowest BCUT2D eigenvalue weighted by Gasteiger charge is -2.37. The van der Waals surface area contributed by atoms with Crippen molar-refractivity contribution < 1.29 is 19.1 Å². The normalized spacial score (nSPS) is 16.1. The molecule has 0 radical (unpaired) electrons. The van der Waals surface area contributed by atoms with E-state index in [2.05, 4.69) is 21.9 Å². The summed E-state index contributed by atoms with van der Waals surface area (Å²) in [5.41, 5.74) is 1.08. The molecule has 0 saturated heterocycles. The van der Waals surface area contributed by atoms with Crippen LogP contribution in [0.25, 0.3) is 0 Å². The molecule has 2 amide bonds. The minimum Gasteiger partial charge on any atom is -0.485 e. The lowest BCUT2D eigenvalue weighted by Crippen LogP contribution is -2.48. The zero-order valence-corrected chi connectivity index (χ0v) is 13.7. The van der Waals surface area contributed by atoms with Crippen molar-refractivity contribution in [2.45, 2.75) is 13.0 Å². The summed E-state index contributed by atoms with van der Waals surface area (Å²) in [6.45, 7) is 4.04. The summed E-state index contributed by atoms with van der Waals surface area (Å²) in [4.78, 5) is 26.8. The second kappa shape index (κ2) is 7.71. The molecule has 23 heavy (non-hydrogen) atoms. The Bertz CT molecular complexity index is 564. The number of ether oxygens (including phenoxy) is 2. The quantitative estimate of drug-likeness (QED) is 0.879. The van der Waals surface area contributed by atoms with Crippen molar-refractivity contribution in [1.29, 1.82) is 0 Å². The number of rotatable bonds is 5. The maximum Gasteiger partial charge on any atom is 0.407 e. The SMILES string of the molecule is CCN1C[C@H](CN(C)C(=O)CNC(=O)OC)Oc2ccccc21. The molecule has 0 unspecified atom stereocenters. The fraction of sp³-hybridized carbons (Fsp3) is 0.500. The molecule has 126 valence electrons. The molecule has 0 aromatic heterocycles. The van der Waals surface area contributed by atoms with E-state index in [0.717, 1.165) is 24.5 Å². The molecule has 1 aliphatic rings. The molecule has 7 nitrogen and oxygen atoms in total. The van der Waals surface area contributed by atoms with Crippen LogP contribution in [0.1, 0.15) is 6.92 Å². The number of alkyl carbamates (subject to hydrolysis) is 1. The van der Waals surface area contributed by atoms with Crippen LogP contribution < -0.4 is 15.0 Å². The predicted molar refractivity (Wildman–Crippen MR) is 86.8 cm³/mol. The van der Waals surface area contributed by atoms with Crippen LogP contribution in [-0.4, -0.2) is 63.3 Å². The van der Waals surface area contributed by atoms with Crippen molar-refractivity contribution in [2.24, 2.45) is 0 Å². The second-order valence-corrected chi connectivity index (χ2v) is 5.37. The van der Waals surface area contributed by atoms with Crippen LogP contribution in [0.5, 0.6) is 5.75 Å². The number of hydrogen-bond donors (Lipinski definition) is 1. The highest BCUT2D eigenvalue weighted by Crippen LogP contribution is 2.32. The van der Waals surface area contributed by atoms with Crippen molar-refractivity contribution in [3.05, 3.63) is 24.3 Å². The molecule has 0 saturated carbocycles. The van der Waals surface area contributed by atoms with E-state index in [1.165, 1.54) is 7.11 Å². The van der Waals surface area contributed by atoms with Crippen molar-refractivity contribution in [3.8, 4) is 5.75 Å². The second-order valence-electron chi connectivity index (χ2n) is 5.37. The highest BCUT2D eigenvalue weighted by atomic mass is 16.5. The zero-order valence-electron chi connectivity index (χ0n) is 13.7. The number of para-hydroxylation sites is 2. The maximum absolute atomic E-state index is 12.0. The number of carbonyl (C=O) groups excluding carboxylic acids is 2. The number of fused-ring (bicyclic) bond motifs is 1. The van der Waals surface area contributed by atoms with Gasteiger partial charge in [0.1, 0.15) is 18.4 Å². The van der Waals surface area contributed by atoms with E-state index in [9.17, 15) is 9.59 Å². The summed E-state index contributed by atoms with van der Waals surface area (Å²) in [6.07, 6.45) is -0.733. The summed E-state index contributed by atoms with van der Waals surface area (Å²) < 4.78 is 10.4. The monoisotopic (exact) mass is 321 g/mol. The van der Waals surface area contributed by atoms with Gasteiger partial charge in [0.25, 0.3) is 0 Å². The molecule has 0 fully saturated rings. The standard InChI is InChI=1S/C16H23N3O4/c1-4-19-11-12(23-14-8-6-5-7-13(14)19)10-18(2)15(20)9-17-16(21)22-3/h5-8,12H,4,9-11H2,1-3H3,(H,17,21)/t12-/m0/s1. The average molecular weight is 321 g/mol. The van der Waals surface area contributed by atoms with Gasteiger partial charge in [-0.2, -0.15) is 0 Å². The molecule has 0 aliphatic carbocycles. The molecule has 1 aliphatic heterocycles. The number of likely N-dealkylation sites (N-methyl/N-ethyl adjacent to an activating group) is 2.